The Bertz CT molecular complexity index is 532. The van der Waals surface area contributed by atoms with Gasteiger partial charge in [-0.3, -0.25) is 4.99 Å². The maximum Gasteiger partial charge on any atom is 0.124 e. The summed E-state index contributed by atoms with van der Waals surface area (Å²) in [5.74, 6) is 1.08. The fourth-order valence-corrected chi connectivity index (χ4v) is 1.58. The Hall–Kier alpha value is -2.29. The second kappa shape index (κ2) is 5.87. The van der Waals surface area contributed by atoms with E-state index >= 15 is 0 Å². The molecule has 0 unspecified atom stereocenters. The Labute approximate surface area is 106 Å². The molecule has 1 N–H and O–H groups in total. The third kappa shape index (κ3) is 3.10. The minimum Gasteiger partial charge on any atom is -0.507 e. The number of phenolic OH excluding ortho intramolecular Hbond substituents is 1. The highest BCUT2D eigenvalue weighted by molar-refractivity contribution is 5.83. The van der Waals surface area contributed by atoms with E-state index in [0.717, 1.165) is 16.9 Å². The molecule has 2 rings (SSSR count). The van der Waals surface area contributed by atoms with Crippen molar-refractivity contribution in [2.45, 2.75) is 6.54 Å². The first-order valence-corrected chi connectivity index (χ1v) is 5.70. The maximum absolute atomic E-state index is 9.57. The molecule has 0 bridgehead atoms. The van der Waals surface area contributed by atoms with Crippen LogP contribution in [-0.2, 0) is 6.54 Å². The number of phenols is 1. The predicted molar refractivity (Wildman–Crippen MR) is 72.4 cm³/mol. The number of hydrogen-bond acceptors (Lipinski definition) is 3. The number of benzene rings is 2. The van der Waals surface area contributed by atoms with E-state index < -0.39 is 0 Å². The van der Waals surface area contributed by atoms with Crippen molar-refractivity contribution in [2.24, 2.45) is 4.99 Å². The van der Waals surface area contributed by atoms with Crippen molar-refractivity contribution in [1.29, 1.82) is 0 Å². The van der Waals surface area contributed by atoms with Gasteiger partial charge in [0, 0.05) is 11.8 Å². The van der Waals surface area contributed by atoms with Gasteiger partial charge in [0.05, 0.1) is 13.7 Å². The zero-order chi connectivity index (χ0) is 12.8. The SMILES string of the molecule is COc1ccc(CN=Cc2ccccc2O)cc1. The summed E-state index contributed by atoms with van der Waals surface area (Å²) >= 11 is 0. The van der Waals surface area contributed by atoms with Crippen LogP contribution >= 0.6 is 0 Å². The lowest BCUT2D eigenvalue weighted by Crippen LogP contribution is -1.86. The van der Waals surface area contributed by atoms with Gasteiger partial charge in [0.2, 0.25) is 0 Å². The molecule has 92 valence electrons. The molecule has 3 heteroatoms. The van der Waals surface area contributed by atoms with Gasteiger partial charge in [0.1, 0.15) is 11.5 Å². The summed E-state index contributed by atoms with van der Waals surface area (Å²) < 4.78 is 5.09. The van der Waals surface area contributed by atoms with Crippen molar-refractivity contribution in [1.82, 2.24) is 0 Å². The molecular weight excluding hydrogens is 226 g/mol. The van der Waals surface area contributed by atoms with Crippen LogP contribution in [0.5, 0.6) is 11.5 Å². The molecule has 0 saturated heterocycles. The number of hydrogen-bond donors (Lipinski definition) is 1. The average Bonchev–Trinajstić information content (AvgIpc) is 2.42. The summed E-state index contributed by atoms with van der Waals surface area (Å²) in [6.45, 7) is 0.582. The van der Waals surface area contributed by atoms with Crippen molar-refractivity contribution >= 4 is 6.21 Å². The molecule has 2 aromatic rings. The Kier molecular flexibility index (Phi) is 3.97. The molecule has 0 saturated carbocycles. The van der Waals surface area contributed by atoms with Gasteiger partial charge in [-0.2, -0.15) is 0 Å². The summed E-state index contributed by atoms with van der Waals surface area (Å²) in [6.07, 6.45) is 1.68. The third-order valence-electron chi connectivity index (χ3n) is 2.60. The summed E-state index contributed by atoms with van der Waals surface area (Å²) in [4.78, 5) is 4.30. The van der Waals surface area contributed by atoms with Gasteiger partial charge in [-0.15, -0.1) is 0 Å². The molecule has 0 aliphatic carbocycles. The molecule has 3 nitrogen and oxygen atoms in total. The van der Waals surface area contributed by atoms with Gasteiger partial charge in [-0.25, -0.2) is 0 Å². The lowest BCUT2D eigenvalue weighted by atomic mass is 10.2. The highest BCUT2D eigenvalue weighted by Crippen LogP contribution is 2.14. The number of methoxy groups -OCH3 is 1. The topological polar surface area (TPSA) is 41.8 Å². The van der Waals surface area contributed by atoms with Crippen LogP contribution in [0.2, 0.25) is 0 Å². The highest BCUT2D eigenvalue weighted by Gasteiger charge is 1.95. The smallest absolute Gasteiger partial charge is 0.124 e. The molecule has 0 radical (unpaired) electrons. The monoisotopic (exact) mass is 241 g/mol. The number of ether oxygens (including phenoxy) is 1. The second-order valence-corrected chi connectivity index (χ2v) is 3.88. The van der Waals surface area contributed by atoms with Crippen LogP contribution < -0.4 is 4.74 Å². The minimum absolute atomic E-state index is 0.246. The van der Waals surface area contributed by atoms with Crippen LogP contribution in [0.3, 0.4) is 0 Å². The Morgan fingerprint density at radius 1 is 1.11 bits per heavy atom. The number of rotatable bonds is 4. The Balaban J connectivity index is 2.00. The van der Waals surface area contributed by atoms with Crippen molar-refractivity contribution in [2.75, 3.05) is 7.11 Å². The maximum atomic E-state index is 9.57. The standard InChI is InChI=1S/C15H15NO2/c1-18-14-8-6-12(7-9-14)10-16-11-13-4-2-3-5-15(13)17/h2-9,11,17H,10H2,1H3. The zero-order valence-electron chi connectivity index (χ0n) is 10.2. The lowest BCUT2D eigenvalue weighted by Gasteiger charge is -2.01. The fourth-order valence-electron chi connectivity index (χ4n) is 1.58. The first kappa shape index (κ1) is 12.2. The molecule has 0 aliphatic heterocycles. The van der Waals surface area contributed by atoms with Crippen molar-refractivity contribution in [3.8, 4) is 11.5 Å². The molecule has 2 aromatic carbocycles. The Morgan fingerprint density at radius 2 is 1.83 bits per heavy atom. The zero-order valence-corrected chi connectivity index (χ0v) is 10.2. The first-order chi connectivity index (χ1) is 8.79. The largest absolute Gasteiger partial charge is 0.507 e. The van der Waals surface area contributed by atoms with Gasteiger partial charge in [0.25, 0.3) is 0 Å². The molecule has 0 fully saturated rings. The molecular formula is C15H15NO2. The quantitative estimate of drug-likeness (QED) is 0.836. The van der Waals surface area contributed by atoms with E-state index in [1.807, 2.05) is 36.4 Å². The molecule has 0 aliphatic rings. The highest BCUT2D eigenvalue weighted by atomic mass is 16.5. The fraction of sp³-hybridized carbons (Fsp3) is 0.133. The molecule has 0 heterocycles. The van der Waals surface area contributed by atoms with Crippen LogP contribution in [0, 0.1) is 0 Å². The number of para-hydroxylation sites is 1. The minimum atomic E-state index is 0.246. The molecule has 0 aromatic heterocycles. The van der Waals surface area contributed by atoms with Crippen LogP contribution in [0.25, 0.3) is 0 Å². The molecule has 18 heavy (non-hydrogen) atoms. The van der Waals surface area contributed by atoms with E-state index in [9.17, 15) is 5.11 Å². The molecule has 0 atom stereocenters. The predicted octanol–water partition coefficient (Wildman–Crippen LogP) is 3.02. The van der Waals surface area contributed by atoms with E-state index in [4.69, 9.17) is 4.74 Å². The van der Waals surface area contributed by atoms with E-state index in [1.165, 1.54) is 0 Å². The van der Waals surface area contributed by atoms with Crippen LogP contribution in [0.4, 0.5) is 0 Å². The van der Waals surface area contributed by atoms with Crippen molar-refractivity contribution < 1.29 is 9.84 Å². The lowest BCUT2D eigenvalue weighted by molar-refractivity contribution is 0.414. The van der Waals surface area contributed by atoms with E-state index in [0.29, 0.717) is 6.54 Å². The summed E-state index contributed by atoms with van der Waals surface area (Å²) in [5.41, 5.74) is 1.83. The van der Waals surface area contributed by atoms with Crippen molar-refractivity contribution in [3.63, 3.8) is 0 Å². The van der Waals surface area contributed by atoms with Crippen molar-refractivity contribution in [3.05, 3.63) is 59.7 Å². The first-order valence-electron chi connectivity index (χ1n) is 5.70. The van der Waals surface area contributed by atoms with Gasteiger partial charge >= 0.3 is 0 Å². The summed E-state index contributed by atoms with van der Waals surface area (Å²) in [7, 11) is 1.64. The number of aliphatic imine (C=N–C) groups is 1. The summed E-state index contributed by atoms with van der Waals surface area (Å²) in [5, 5.41) is 9.57. The van der Waals surface area contributed by atoms with Crippen LogP contribution in [0.1, 0.15) is 11.1 Å². The van der Waals surface area contributed by atoms with Gasteiger partial charge < -0.3 is 9.84 Å². The Morgan fingerprint density at radius 3 is 2.50 bits per heavy atom. The van der Waals surface area contributed by atoms with E-state index in [2.05, 4.69) is 4.99 Å². The van der Waals surface area contributed by atoms with E-state index in [-0.39, 0.29) is 5.75 Å². The normalized spacial score (nSPS) is 10.7. The van der Waals surface area contributed by atoms with Crippen LogP contribution in [0.15, 0.2) is 53.5 Å². The van der Waals surface area contributed by atoms with Gasteiger partial charge in [-0.1, -0.05) is 24.3 Å². The van der Waals surface area contributed by atoms with Gasteiger partial charge in [0.15, 0.2) is 0 Å². The van der Waals surface area contributed by atoms with Gasteiger partial charge in [-0.05, 0) is 29.8 Å². The van der Waals surface area contributed by atoms with Crippen LogP contribution in [-0.4, -0.2) is 18.4 Å². The summed E-state index contributed by atoms with van der Waals surface area (Å²) in [6, 6.07) is 14.9. The number of aromatic hydroxyl groups is 1. The average molecular weight is 241 g/mol. The molecule has 0 spiro atoms. The molecule has 0 amide bonds. The second-order valence-electron chi connectivity index (χ2n) is 3.88. The van der Waals surface area contributed by atoms with E-state index in [1.54, 1.807) is 25.5 Å². The number of nitrogens with zero attached hydrogens (tertiary/aromatic N) is 1. The third-order valence-corrected chi connectivity index (χ3v) is 2.60.